The molecule has 2 amide bonds. The first-order chi connectivity index (χ1) is 11.0. The Hall–Kier alpha value is -2.14. The minimum Gasteiger partial charge on any atom is -0.339 e. The van der Waals surface area contributed by atoms with Crippen molar-refractivity contribution in [1.29, 1.82) is 0 Å². The molecule has 2 N–H and O–H groups in total. The van der Waals surface area contributed by atoms with Crippen LogP contribution in [0.2, 0.25) is 0 Å². The number of aryl methyl sites for hydroxylation is 1. The van der Waals surface area contributed by atoms with Gasteiger partial charge < -0.3 is 10.6 Å². The molecule has 0 aliphatic carbocycles. The Labute approximate surface area is 140 Å². The molecule has 0 saturated carbocycles. The van der Waals surface area contributed by atoms with Crippen LogP contribution in [0.15, 0.2) is 41.8 Å². The molecule has 23 heavy (non-hydrogen) atoms. The summed E-state index contributed by atoms with van der Waals surface area (Å²) >= 11 is 1.36. The van der Waals surface area contributed by atoms with Gasteiger partial charge in [-0.1, -0.05) is 39.0 Å². The summed E-state index contributed by atoms with van der Waals surface area (Å²) in [7, 11) is 0. The van der Waals surface area contributed by atoms with E-state index in [1.165, 1.54) is 16.9 Å². The number of rotatable bonds is 6. The monoisotopic (exact) mass is 330 g/mol. The molecule has 0 spiro atoms. The van der Waals surface area contributed by atoms with Gasteiger partial charge in [0.1, 0.15) is 6.04 Å². The molecule has 122 valence electrons. The van der Waals surface area contributed by atoms with Crippen molar-refractivity contribution in [3.05, 3.63) is 52.2 Å². The summed E-state index contributed by atoms with van der Waals surface area (Å²) in [6.45, 7) is 5.92. The molecule has 0 aliphatic heterocycles. The van der Waals surface area contributed by atoms with Crippen LogP contribution in [0.4, 0.5) is 5.69 Å². The number of hydrogen-bond donors (Lipinski definition) is 2. The summed E-state index contributed by atoms with van der Waals surface area (Å²) in [5.41, 5.74) is 1.96. The zero-order valence-electron chi connectivity index (χ0n) is 13.6. The minimum absolute atomic E-state index is 0.00572. The van der Waals surface area contributed by atoms with Gasteiger partial charge in [-0.25, -0.2) is 0 Å². The minimum atomic E-state index is -0.574. The highest BCUT2D eigenvalue weighted by Gasteiger charge is 2.25. The smallest absolute Gasteiger partial charge is 0.262 e. The van der Waals surface area contributed by atoms with E-state index >= 15 is 0 Å². The van der Waals surface area contributed by atoms with Crippen molar-refractivity contribution in [2.24, 2.45) is 5.92 Å². The van der Waals surface area contributed by atoms with E-state index in [1.54, 1.807) is 6.07 Å². The molecule has 0 bridgehead atoms. The molecule has 5 heteroatoms. The van der Waals surface area contributed by atoms with Crippen molar-refractivity contribution in [2.75, 3.05) is 5.32 Å². The third kappa shape index (κ3) is 4.66. The molecule has 1 atom stereocenters. The summed E-state index contributed by atoms with van der Waals surface area (Å²) in [5, 5.41) is 7.54. The van der Waals surface area contributed by atoms with Gasteiger partial charge in [0, 0.05) is 5.69 Å². The standard InChI is InChI=1S/C18H22N2O2S/c1-4-13-7-9-14(10-8-13)19-18(22)16(12(2)3)20-17(21)15-6-5-11-23-15/h5-12,16H,4H2,1-3H3,(H,19,22)(H,20,21)/t16-/m1/s1. The van der Waals surface area contributed by atoms with Crippen molar-refractivity contribution in [3.8, 4) is 0 Å². The number of carbonyl (C=O) groups is 2. The number of thiophene rings is 1. The van der Waals surface area contributed by atoms with Crippen LogP contribution < -0.4 is 10.6 Å². The van der Waals surface area contributed by atoms with Crippen molar-refractivity contribution in [2.45, 2.75) is 33.2 Å². The number of hydrogen-bond acceptors (Lipinski definition) is 3. The highest BCUT2D eigenvalue weighted by Crippen LogP contribution is 2.14. The second kappa shape index (κ2) is 7.92. The SMILES string of the molecule is CCc1ccc(NC(=O)[C@H](NC(=O)c2cccs2)C(C)C)cc1. The predicted octanol–water partition coefficient (Wildman–Crippen LogP) is 3.70. The van der Waals surface area contributed by atoms with Crippen molar-refractivity contribution in [3.63, 3.8) is 0 Å². The average Bonchev–Trinajstić information content (AvgIpc) is 3.07. The zero-order chi connectivity index (χ0) is 16.8. The highest BCUT2D eigenvalue weighted by atomic mass is 32.1. The third-order valence-electron chi connectivity index (χ3n) is 3.61. The van der Waals surface area contributed by atoms with E-state index in [9.17, 15) is 9.59 Å². The molecule has 0 radical (unpaired) electrons. The summed E-state index contributed by atoms with van der Waals surface area (Å²) in [5.74, 6) is -0.418. The van der Waals surface area contributed by atoms with E-state index in [2.05, 4.69) is 17.6 Å². The molecular formula is C18H22N2O2S. The fraction of sp³-hybridized carbons (Fsp3) is 0.333. The predicted molar refractivity (Wildman–Crippen MR) is 94.9 cm³/mol. The molecular weight excluding hydrogens is 308 g/mol. The van der Waals surface area contributed by atoms with Gasteiger partial charge in [0.2, 0.25) is 5.91 Å². The van der Waals surface area contributed by atoms with Crippen LogP contribution in [0.5, 0.6) is 0 Å². The Morgan fingerprint density at radius 1 is 1.13 bits per heavy atom. The van der Waals surface area contributed by atoms with Crippen LogP contribution in [0.1, 0.15) is 36.0 Å². The Bertz CT molecular complexity index is 648. The molecule has 0 saturated heterocycles. The van der Waals surface area contributed by atoms with Gasteiger partial charge in [0.15, 0.2) is 0 Å². The maximum atomic E-state index is 12.5. The zero-order valence-corrected chi connectivity index (χ0v) is 14.4. The van der Waals surface area contributed by atoms with Crippen LogP contribution in [0.25, 0.3) is 0 Å². The largest absolute Gasteiger partial charge is 0.339 e. The van der Waals surface area contributed by atoms with E-state index in [0.717, 1.165) is 12.1 Å². The summed E-state index contributed by atoms with van der Waals surface area (Å²) in [6.07, 6.45) is 0.958. The van der Waals surface area contributed by atoms with E-state index in [1.807, 2.05) is 49.6 Å². The molecule has 0 aliphatic rings. The van der Waals surface area contributed by atoms with E-state index in [4.69, 9.17) is 0 Å². The quantitative estimate of drug-likeness (QED) is 0.848. The molecule has 2 aromatic rings. The number of amides is 2. The van der Waals surface area contributed by atoms with E-state index < -0.39 is 6.04 Å². The molecule has 1 aromatic heterocycles. The summed E-state index contributed by atoms with van der Waals surface area (Å²) in [4.78, 5) is 25.3. The number of benzene rings is 1. The Kier molecular flexibility index (Phi) is 5.93. The summed E-state index contributed by atoms with van der Waals surface area (Å²) < 4.78 is 0. The molecule has 0 unspecified atom stereocenters. The van der Waals surface area contributed by atoms with Crippen LogP contribution in [-0.4, -0.2) is 17.9 Å². The number of carbonyl (C=O) groups excluding carboxylic acids is 2. The van der Waals surface area contributed by atoms with Gasteiger partial charge in [-0.05, 0) is 41.5 Å². The fourth-order valence-electron chi connectivity index (χ4n) is 2.20. The number of anilines is 1. The van der Waals surface area contributed by atoms with E-state index in [-0.39, 0.29) is 17.7 Å². The Morgan fingerprint density at radius 2 is 1.83 bits per heavy atom. The lowest BCUT2D eigenvalue weighted by molar-refractivity contribution is -0.118. The topological polar surface area (TPSA) is 58.2 Å². The third-order valence-corrected chi connectivity index (χ3v) is 4.48. The first-order valence-electron chi connectivity index (χ1n) is 7.75. The normalized spacial score (nSPS) is 12.0. The molecule has 2 rings (SSSR count). The van der Waals surface area contributed by atoms with Crippen molar-refractivity contribution in [1.82, 2.24) is 5.32 Å². The van der Waals surface area contributed by atoms with Crippen LogP contribution in [0, 0.1) is 5.92 Å². The van der Waals surface area contributed by atoms with Crippen LogP contribution in [-0.2, 0) is 11.2 Å². The Balaban J connectivity index is 2.04. The summed E-state index contributed by atoms with van der Waals surface area (Å²) in [6, 6.07) is 10.7. The number of nitrogens with one attached hydrogen (secondary N) is 2. The lowest BCUT2D eigenvalue weighted by atomic mass is 10.0. The maximum absolute atomic E-state index is 12.5. The van der Waals surface area contributed by atoms with Gasteiger partial charge in [0.25, 0.3) is 5.91 Å². The van der Waals surface area contributed by atoms with Crippen LogP contribution >= 0.6 is 11.3 Å². The lowest BCUT2D eigenvalue weighted by Crippen LogP contribution is -2.46. The Morgan fingerprint density at radius 3 is 2.35 bits per heavy atom. The first kappa shape index (κ1) is 17.2. The maximum Gasteiger partial charge on any atom is 0.262 e. The second-order valence-corrected chi connectivity index (χ2v) is 6.66. The highest BCUT2D eigenvalue weighted by molar-refractivity contribution is 7.12. The van der Waals surface area contributed by atoms with Gasteiger partial charge in [-0.15, -0.1) is 11.3 Å². The van der Waals surface area contributed by atoms with Crippen molar-refractivity contribution >= 4 is 28.8 Å². The van der Waals surface area contributed by atoms with Gasteiger partial charge >= 0.3 is 0 Å². The van der Waals surface area contributed by atoms with Crippen LogP contribution in [0.3, 0.4) is 0 Å². The van der Waals surface area contributed by atoms with Gasteiger partial charge in [-0.2, -0.15) is 0 Å². The average molecular weight is 330 g/mol. The first-order valence-corrected chi connectivity index (χ1v) is 8.63. The molecule has 4 nitrogen and oxygen atoms in total. The second-order valence-electron chi connectivity index (χ2n) is 5.71. The van der Waals surface area contributed by atoms with Gasteiger partial charge in [0.05, 0.1) is 4.88 Å². The molecule has 0 fully saturated rings. The fourth-order valence-corrected chi connectivity index (χ4v) is 2.83. The van der Waals surface area contributed by atoms with Crippen molar-refractivity contribution < 1.29 is 9.59 Å². The van der Waals surface area contributed by atoms with E-state index in [0.29, 0.717) is 4.88 Å². The molecule has 1 aromatic carbocycles. The lowest BCUT2D eigenvalue weighted by Gasteiger charge is -2.21. The van der Waals surface area contributed by atoms with Gasteiger partial charge in [-0.3, -0.25) is 9.59 Å². The molecule has 1 heterocycles.